The Kier molecular flexibility index (Phi) is 7.43. The van der Waals surface area contributed by atoms with E-state index in [0.717, 1.165) is 11.8 Å². The summed E-state index contributed by atoms with van der Waals surface area (Å²) in [6.45, 7) is -1.02. The van der Waals surface area contributed by atoms with Gasteiger partial charge in [0.15, 0.2) is 0 Å². The zero-order chi connectivity index (χ0) is 54.9. The first-order valence-electron chi connectivity index (χ1n) is 27.1. The van der Waals surface area contributed by atoms with Gasteiger partial charge in [-0.05, 0) is 118 Å². The van der Waals surface area contributed by atoms with Gasteiger partial charge in [0.1, 0.15) is 5.58 Å². The van der Waals surface area contributed by atoms with Crippen LogP contribution in [-0.2, 0) is 31.9 Å². The Balaban J connectivity index is 0.000000319. The average molecular weight is 956 g/mol. The first-order chi connectivity index (χ1) is 33.9. The van der Waals surface area contributed by atoms with E-state index in [1.165, 1.54) is 42.6 Å². The van der Waals surface area contributed by atoms with Crippen LogP contribution in [0.5, 0.6) is 0 Å². The zero-order valence-corrected chi connectivity index (χ0v) is 35.5. The molecule has 0 N–H and O–H groups in total. The molecule has 0 fully saturated rings. The maximum absolute atomic E-state index is 8.51. The Labute approximate surface area is 383 Å². The molecule has 0 unspecified atom stereocenters. The molecule has 0 saturated carbocycles. The topological polar surface area (TPSA) is 38.9 Å². The van der Waals surface area contributed by atoms with Crippen LogP contribution in [0.1, 0.15) is 104 Å². The molecular formula is C54H54IrN2O-2. The molecule has 8 rings (SSSR count). The van der Waals surface area contributed by atoms with Crippen molar-refractivity contribution < 1.29 is 47.8 Å². The van der Waals surface area contributed by atoms with Gasteiger partial charge in [0.05, 0.1) is 5.58 Å². The number of nitrogens with zero attached hydrogens (tertiary/aromatic N) is 2. The van der Waals surface area contributed by atoms with E-state index >= 15 is 0 Å². The van der Waals surface area contributed by atoms with Crippen LogP contribution in [0.25, 0.3) is 66.7 Å². The summed E-state index contributed by atoms with van der Waals surface area (Å²) < 4.78 is 144. The van der Waals surface area contributed by atoms with Gasteiger partial charge in [0, 0.05) is 61.2 Å². The van der Waals surface area contributed by atoms with Gasteiger partial charge in [0.25, 0.3) is 0 Å². The summed E-state index contributed by atoms with van der Waals surface area (Å²) in [5, 5.41) is 1.12. The molecule has 0 spiro atoms. The average Bonchev–Trinajstić information content (AvgIpc) is 3.68. The predicted octanol–water partition coefficient (Wildman–Crippen LogP) is 14.8. The minimum Gasteiger partial charge on any atom is -0.501 e. The fraction of sp³-hybridized carbons (Fsp3) is 0.259. The van der Waals surface area contributed by atoms with Gasteiger partial charge in [-0.15, -0.1) is 53.6 Å². The summed E-state index contributed by atoms with van der Waals surface area (Å²) in [6, 6.07) is 33.3. The molecule has 0 aliphatic heterocycles. The summed E-state index contributed by atoms with van der Waals surface area (Å²) in [4.78, 5) is 8.75. The molecule has 0 saturated heterocycles. The Morgan fingerprint density at radius 3 is 2.00 bits per heavy atom. The third-order valence-electron chi connectivity index (χ3n) is 9.47. The molecule has 0 bridgehead atoms. The normalized spacial score (nSPS) is 17.3. The molecule has 3 aromatic heterocycles. The van der Waals surface area contributed by atoms with Crippen LogP contribution in [0.2, 0.25) is 0 Å². The maximum Gasteiger partial charge on any atom is 0.120 e. The van der Waals surface area contributed by atoms with Crippen molar-refractivity contribution in [3.8, 4) is 44.8 Å². The molecule has 297 valence electrons. The Bertz CT molecular complexity index is 3340. The molecule has 3 nitrogen and oxygen atoms in total. The van der Waals surface area contributed by atoms with E-state index in [1.807, 2.05) is 53.7 Å². The third kappa shape index (κ3) is 9.41. The fourth-order valence-electron chi connectivity index (χ4n) is 6.60. The molecule has 0 atom stereocenters. The fourth-order valence-corrected chi connectivity index (χ4v) is 6.60. The zero-order valence-electron chi connectivity index (χ0n) is 50.1. The number of benzene rings is 5. The monoisotopic (exact) mass is 956 g/mol. The largest absolute Gasteiger partial charge is 0.501 e. The van der Waals surface area contributed by atoms with E-state index in [9.17, 15) is 0 Å². The second-order valence-corrected chi connectivity index (χ2v) is 16.1. The summed E-state index contributed by atoms with van der Waals surface area (Å²) in [6.07, 6.45) is 1.18. The Hall–Kier alpha value is -5.15. The number of rotatable bonds is 5. The first-order valence-corrected chi connectivity index (χ1v) is 18.6. The molecule has 4 heteroatoms. The van der Waals surface area contributed by atoms with Gasteiger partial charge in [-0.3, -0.25) is 0 Å². The third-order valence-corrected chi connectivity index (χ3v) is 9.47. The molecule has 3 heterocycles. The van der Waals surface area contributed by atoms with Crippen LogP contribution in [-0.4, -0.2) is 9.97 Å². The minimum absolute atomic E-state index is 0. The van der Waals surface area contributed by atoms with Gasteiger partial charge in [-0.1, -0.05) is 126 Å². The van der Waals surface area contributed by atoms with Gasteiger partial charge in [-0.2, -0.15) is 0 Å². The van der Waals surface area contributed by atoms with Crippen LogP contribution in [0.15, 0.2) is 120 Å². The van der Waals surface area contributed by atoms with Gasteiger partial charge in [0.2, 0.25) is 0 Å². The van der Waals surface area contributed by atoms with Crippen LogP contribution in [0.4, 0.5) is 0 Å². The quantitative estimate of drug-likeness (QED) is 0.161. The van der Waals surface area contributed by atoms with Crippen molar-refractivity contribution in [3.05, 3.63) is 167 Å². The number of pyridine rings is 2. The second-order valence-electron chi connectivity index (χ2n) is 16.1. The molecule has 5 aromatic carbocycles. The predicted molar refractivity (Wildman–Crippen MR) is 241 cm³/mol. The molecule has 0 aliphatic carbocycles. The van der Waals surface area contributed by atoms with E-state index in [4.69, 9.17) is 27.7 Å². The van der Waals surface area contributed by atoms with Crippen molar-refractivity contribution >= 4 is 21.9 Å². The number of furan rings is 1. The molecule has 0 aliphatic rings. The number of fused-ring (bicyclic) bond motifs is 3. The van der Waals surface area contributed by atoms with Crippen LogP contribution < -0.4 is 0 Å². The van der Waals surface area contributed by atoms with Crippen molar-refractivity contribution in [2.45, 2.75) is 87.6 Å². The standard InChI is InChI=1S/C37H34NO.C17H20N.Ir/c1-22-11-16-35-33(17-22)28-9-8-10-29(36(28)39-35)34-20-32(25(4)21-38-34)31-19-23(2)30(18-24(31)3)26-12-14-27(15-13-26)37(5,6)7;1-13-5-8-15(9-6-13)16-10-7-14(12-18-16)11-17(2,3)4;/h8-9,11-21H,1-7H3;5-8,10,12H,11H2,1-4H3;/q2*-1;/i1D3,2D3,3D3,4D3;1D3,11D2;. The van der Waals surface area contributed by atoms with E-state index in [0.29, 0.717) is 49.9 Å². The van der Waals surface area contributed by atoms with Crippen molar-refractivity contribution in [1.82, 2.24) is 9.97 Å². The van der Waals surface area contributed by atoms with Gasteiger partial charge < -0.3 is 14.4 Å². The molecule has 8 aromatic rings. The first kappa shape index (κ1) is 25.4. The summed E-state index contributed by atoms with van der Waals surface area (Å²) in [5.41, 5.74) is 3.70. The van der Waals surface area contributed by atoms with Crippen LogP contribution in [0.3, 0.4) is 0 Å². The summed E-state index contributed by atoms with van der Waals surface area (Å²) in [7, 11) is 0. The molecular weight excluding hydrogens is 885 g/mol. The van der Waals surface area contributed by atoms with Crippen molar-refractivity contribution in [2.75, 3.05) is 0 Å². The number of hydrogen-bond donors (Lipinski definition) is 0. The molecule has 0 amide bonds. The maximum atomic E-state index is 8.51. The smallest absolute Gasteiger partial charge is 0.120 e. The minimum atomic E-state index is -2.77. The second kappa shape index (κ2) is 17.0. The molecule has 58 heavy (non-hydrogen) atoms. The van der Waals surface area contributed by atoms with Crippen molar-refractivity contribution in [3.63, 3.8) is 0 Å². The van der Waals surface area contributed by atoms with Crippen molar-refractivity contribution in [2.24, 2.45) is 5.41 Å². The number of aryl methyl sites for hydroxylation is 5. The Morgan fingerprint density at radius 2 is 1.34 bits per heavy atom. The summed E-state index contributed by atoms with van der Waals surface area (Å²) in [5.74, 6) is 0. The van der Waals surface area contributed by atoms with Gasteiger partial charge in [-0.25, -0.2) is 0 Å². The van der Waals surface area contributed by atoms with Gasteiger partial charge >= 0.3 is 0 Å². The van der Waals surface area contributed by atoms with Crippen molar-refractivity contribution in [1.29, 1.82) is 0 Å². The van der Waals surface area contributed by atoms with E-state index in [2.05, 4.69) is 22.1 Å². The van der Waals surface area contributed by atoms with E-state index < -0.39 is 46.0 Å². The van der Waals surface area contributed by atoms with Crippen LogP contribution in [0, 0.1) is 51.8 Å². The SMILES string of the molecule is [2H]C([2H])([2H])c1c[c-]c(-c2ccc(C([2H])([2H])C(C)(C)C)cn2)cc1.[2H]C([2H])([2H])c1ccc2oc3c(-c4cc(-c5cc(C([2H])([2H])[2H])c(-c6ccc(C(C)(C)C)cc6)cc5C([2H])([2H])[2H])c(C([2H])([2H])[2H])cn4)[c-]ccc3c2c1.[Ir]. The number of hydrogen-bond acceptors (Lipinski definition) is 3. The van der Waals surface area contributed by atoms with Crippen LogP contribution >= 0.6 is 0 Å². The summed E-state index contributed by atoms with van der Waals surface area (Å²) >= 11 is 0. The molecule has 1 radical (unpaired) electrons. The van der Waals surface area contributed by atoms with E-state index in [1.54, 1.807) is 54.6 Å². The Morgan fingerprint density at radius 1 is 0.638 bits per heavy atom. The van der Waals surface area contributed by atoms with E-state index in [-0.39, 0.29) is 75.7 Å². The number of aromatic nitrogens is 2.